The molecule has 1 aromatic heterocycles. The van der Waals surface area contributed by atoms with Crippen molar-refractivity contribution in [3.05, 3.63) is 59.0 Å². The predicted molar refractivity (Wildman–Crippen MR) is 112 cm³/mol. The van der Waals surface area contributed by atoms with Gasteiger partial charge in [0.05, 0.1) is 21.8 Å². The van der Waals surface area contributed by atoms with Crippen molar-refractivity contribution in [2.75, 3.05) is 10.0 Å². The highest BCUT2D eigenvalue weighted by molar-refractivity contribution is 7.92. The third kappa shape index (κ3) is 4.35. The van der Waals surface area contributed by atoms with Crippen LogP contribution in [0.2, 0.25) is 0 Å². The van der Waals surface area contributed by atoms with Crippen molar-refractivity contribution < 1.29 is 22.1 Å². The summed E-state index contributed by atoms with van der Waals surface area (Å²) < 4.78 is 47.3. The number of benzene rings is 2. The van der Waals surface area contributed by atoms with Crippen LogP contribution in [-0.2, 0) is 21.2 Å². The molecule has 0 saturated carbocycles. The van der Waals surface area contributed by atoms with Gasteiger partial charge in [-0.25, -0.2) is 12.8 Å². The maximum atomic E-state index is 13.4. The Bertz CT molecular complexity index is 1220. The molecule has 0 unspecified atom stereocenters. The maximum absolute atomic E-state index is 13.4. The Morgan fingerprint density at radius 1 is 1.13 bits per heavy atom. The van der Waals surface area contributed by atoms with Crippen LogP contribution in [0.3, 0.4) is 0 Å². The fraction of sp³-hybridized carbons (Fsp3) is 0.238. The van der Waals surface area contributed by atoms with Gasteiger partial charge in [0, 0.05) is 6.92 Å². The Kier molecular flexibility index (Phi) is 5.93. The fourth-order valence-corrected chi connectivity index (χ4v) is 4.50. The topological polar surface area (TPSA) is 101 Å². The normalized spacial score (nSPS) is 11.4. The first kappa shape index (κ1) is 21.5. The van der Waals surface area contributed by atoms with Gasteiger partial charge in [-0.2, -0.15) is 0 Å². The van der Waals surface area contributed by atoms with Crippen LogP contribution in [0.25, 0.3) is 11.1 Å². The molecule has 0 spiro atoms. The molecule has 9 heteroatoms. The number of halogens is 1. The van der Waals surface area contributed by atoms with Gasteiger partial charge in [-0.15, -0.1) is 0 Å². The number of aromatic nitrogens is 1. The number of rotatable bonds is 6. The Morgan fingerprint density at radius 2 is 1.87 bits per heavy atom. The highest BCUT2D eigenvalue weighted by Crippen LogP contribution is 2.35. The summed E-state index contributed by atoms with van der Waals surface area (Å²) in [6.45, 7) is 6.52. The van der Waals surface area contributed by atoms with E-state index in [9.17, 15) is 17.6 Å². The van der Waals surface area contributed by atoms with E-state index in [1.807, 2.05) is 6.92 Å². The summed E-state index contributed by atoms with van der Waals surface area (Å²) in [5, 5.41) is 6.56. The first-order valence-corrected chi connectivity index (χ1v) is 10.8. The van der Waals surface area contributed by atoms with Crippen molar-refractivity contribution in [2.45, 2.75) is 39.0 Å². The van der Waals surface area contributed by atoms with Crippen molar-refractivity contribution in [2.24, 2.45) is 0 Å². The summed E-state index contributed by atoms with van der Waals surface area (Å²) >= 11 is 0. The first-order chi connectivity index (χ1) is 14.1. The molecule has 0 saturated heterocycles. The molecule has 7 nitrogen and oxygen atoms in total. The number of amides is 1. The van der Waals surface area contributed by atoms with Crippen LogP contribution < -0.4 is 10.0 Å². The van der Waals surface area contributed by atoms with Gasteiger partial charge in [-0.05, 0) is 61.2 Å². The lowest BCUT2D eigenvalue weighted by Gasteiger charge is -2.14. The second kappa shape index (κ2) is 8.27. The van der Waals surface area contributed by atoms with Gasteiger partial charge in [0.25, 0.3) is 10.0 Å². The molecule has 0 fully saturated rings. The Labute approximate surface area is 174 Å². The van der Waals surface area contributed by atoms with Crippen molar-refractivity contribution in [1.82, 2.24) is 5.16 Å². The lowest BCUT2D eigenvalue weighted by molar-refractivity contribution is -0.114. The Morgan fingerprint density at radius 3 is 2.50 bits per heavy atom. The molecule has 0 bridgehead atoms. The molecular weight excluding hydrogens is 409 g/mol. The van der Waals surface area contributed by atoms with Gasteiger partial charge < -0.3 is 4.52 Å². The second-order valence-corrected chi connectivity index (χ2v) is 8.56. The minimum atomic E-state index is -3.96. The monoisotopic (exact) mass is 431 g/mol. The number of nitrogens with zero attached hydrogens (tertiary/aromatic N) is 1. The third-order valence-corrected chi connectivity index (χ3v) is 6.09. The summed E-state index contributed by atoms with van der Waals surface area (Å²) in [5.41, 5.74) is 2.95. The first-order valence-electron chi connectivity index (χ1n) is 9.28. The van der Waals surface area contributed by atoms with E-state index in [1.54, 1.807) is 26.0 Å². The lowest BCUT2D eigenvalue weighted by atomic mass is 10.0. The van der Waals surface area contributed by atoms with Gasteiger partial charge in [-0.3, -0.25) is 14.8 Å². The van der Waals surface area contributed by atoms with Gasteiger partial charge in [0.2, 0.25) is 11.8 Å². The molecule has 3 rings (SSSR count). The molecule has 158 valence electrons. The summed E-state index contributed by atoms with van der Waals surface area (Å²) in [4.78, 5) is 11.6. The van der Waals surface area contributed by atoms with Gasteiger partial charge in [-0.1, -0.05) is 24.2 Å². The molecule has 0 radical (unpaired) electrons. The van der Waals surface area contributed by atoms with Crippen LogP contribution in [0.5, 0.6) is 0 Å². The summed E-state index contributed by atoms with van der Waals surface area (Å²) in [5.74, 6) is -0.615. The van der Waals surface area contributed by atoms with E-state index in [4.69, 9.17) is 4.52 Å². The largest absolute Gasteiger partial charge is 0.337 e. The lowest BCUT2D eigenvalue weighted by Crippen LogP contribution is -2.15. The molecule has 30 heavy (non-hydrogen) atoms. The van der Waals surface area contributed by atoms with Crippen LogP contribution in [0, 0.1) is 19.7 Å². The molecule has 0 atom stereocenters. The number of anilines is 2. The van der Waals surface area contributed by atoms with Gasteiger partial charge in [0.1, 0.15) is 5.82 Å². The SMILES string of the molecule is CCc1noc(NC(C)=O)c1-c1ccc(C)c(S(=O)(=O)Nc2ccc(F)cc2C)c1. The summed E-state index contributed by atoms with van der Waals surface area (Å²) in [6.07, 6.45) is 0.529. The zero-order chi connectivity index (χ0) is 22.1. The highest BCUT2D eigenvalue weighted by atomic mass is 32.2. The Balaban J connectivity index is 2.08. The number of carbonyl (C=O) groups excluding carboxylic acids is 1. The fourth-order valence-electron chi connectivity index (χ4n) is 3.09. The van der Waals surface area contributed by atoms with E-state index in [0.717, 1.165) is 0 Å². The molecule has 1 heterocycles. The van der Waals surface area contributed by atoms with Crippen LogP contribution in [-0.4, -0.2) is 19.5 Å². The van der Waals surface area contributed by atoms with E-state index in [0.29, 0.717) is 40.1 Å². The van der Waals surface area contributed by atoms with Gasteiger partial charge in [0.15, 0.2) is 0 Å². The predicted octanol–water partition coefficient (Wildman–Crippen LogP) is 4.42. The minimum Gasteiger partial charge on any atom is -0.337 e. The summed E-state index contributed by atoms with van der Waals surface area (Å²) in [6, 6.07) is 8.75. The average Bonchev–Trinajstić information content (AvgIpc) is 3.06. The number of hydrogen-bond donors (Lipinski definition) is 2. The number of hydrogen-bond acceptors (Lipinski definition) is 5. The van der Waals surface area contributed by atoms with Crippen LogP contribution in [0.15, 0.2) is 45.8 Å². The minimum absolute atomic E-state index is 0.0563. The second-order valence-electron chi connectivity index (χ2n) is 6.91. The van der Waals surface area contributed by atoms with E-state index < -0.39 is 15.8 Å². The zero-order valence-electron chi connectivity index (χ0n) is 17.0. The summed E-state index contributed by atoms with van der Waals surface area (Å²) in [7, 11) is -3.96. The van der Waals surface area contributed by atoms with E-state index >= 15 is 0 Å². The zero-order valence-corrected chi connectivity index (χ0v) is 17.9. The molecule has 1 amide bonds. The molecule has 0 aliphatic heterocycles. The van der Waals surface area contributed by atoms with Crippen molar-refractivity contribution >= 4 is 27.5 Å². The molecule has 0 aliphatic carbocycles. The van der Waals surface area contributed by atoms with Gasteiger partial charge >= 0.3 is 0 Å². The van der Waals surface area contributed by atoms with Crippen LogP contribution in [0.4, 0.5) is 16.0 Å². The molecular formula is C21H22FN3O4S. The molecule has 2 aromatic carbocycles. The van der Waals surface area contributed by atoms with Crippen molar-refractivity contribution in [3.8, 4) is 11.1 Å². The molecule has 0 aliphatic rings. The third-order valence-electron chi connectivity index (χ3n) is 4.59. The van der Waals surface area contributed by atoms with E-state index in [2.05, 4.69) is 15.2 Å². The van der Waals surface area contributed by atoms with Crippen LogP contribution in [0.1, 0.15) is 30.7 Å². The number of aryl methyl sites for hydroxylation is 3. The van der Waals surface area contributed by atoms with E-state index in [1.165, 1.54) is 31.2 Å². The number of sulfonamides is 1. The van der Waals surface area contributed by atoms with Crippen molar-refractivity contribution in [1.29, 1.82) is 0 Å². The molecule has 2 N–H and O–H groups in total. The number of carbonyl (C=O) groups is 1. The molecule has 3 aromatic rings. The number of nitrogens with one attached hydrogen (secondary N) is 2. The quantitative estimate of drug-likeness (QED) is 0.602. The smallest absolute Gasteiger partial charge is 0.262 e. The standard InChI is InChI=1S/C21H22FN3O4S/c1-5-17-20(21(29-24-17)23-14(4)26)15-7-6-12(2)19(11-15)30(27,28)25-18-9-8-16(22)10-13(18)3/h6-11,25H,5H2,1-4H3,(H,23,26). The van der Waals surface area contributed by atoms with Crippen LogP contribution >= 0.6 is 0 Å². The Hall–Kier alpha value is -3.20. The van der Waals surface area contributed by atoms with Crippen molar-refractivity contribution in [3.63, 3.8) is 0 Å². The highest BCUT2D eigenvalue weighted by Gasteiger charge is 2.23. The average molecular weight is 431 g/mol. The maximum Gasteiger partial charge on any atom is 0.262 e. The van der Waals surface area contributed by atoms with E-state index in [-0.39, 0.29) is 16.7 Å².